The number of aryl methyl sites for hydroxylation is 1. The van der Waals surface area contributed by atoms with Gasteiger partial charge in [-0.05, 0) is 6.90 Å². The molecule has 13 heavy (non-hydrogen) atoms. The van der Waals surface area contributed by atoms with Crippen molar-refractivity contribution in [3.05, 3.63) is 35.4 Å². The lowest BCUT2D eigenvalue weighted by molar-refractivity contribution is -0.0885. The molecule has 1 aromatic rings. The van der Waals surface area contributed by atoms with Gasteiger partial charge in [-0.3, -0.25) is 4.79 Å². The van der Waals surface area contributed by atoms with E-state index >= 15 is 0 Å². The van der Waals surface area contributed by atoms with E-state index in [9.17, 15) is 18.0 Å². The van der Waals surface area contributed by atoms with Crippen LogP contribution in [-0.4, -0.2) is 12.0 Å². The maximum absolute atomic E-state index is 11.9. The van der Waals surface area contributed by atoms with Crippen LogP contribution in [0.15, 0.2) is 24.3 Å². The predicted molar refractivity (Wildman–Crippen MR) is 41.6 cm³/mol. The molecule has 1 rings (SSSR count). The number of halogens is 3. The highest BCUT2D eigenvalue weighted by atomic mass is 19.4. The Balaban J connectivity index is 2.93. The number of ketones is 1. The fraction of sp³-hybridized carbons (Fsp3) is 0.222. The van der Waals surface area contributed by atoms with Crippen LogP contribution in [0.4, 0.5) is 13.2 Å². The van der Waals surface area contributed by atoms with Gasteiger partial charge in [0.2, 0.25) is 0 Å². The highest BCUT2D eigenvalue weighted by Gasteiger charge is 2.38. The molecule has 4 heteroatoms. The van der Waals surface area contributed by atoms with Crippen molar-refractivity contribution in [3.63, 3.8) is 0 Å². The van der Waals surface area contributed by atoms with Crippen molar-refractivity contribution in [3.8, 4) is 0 Å². The van der Waals surface area contributed by atoms with Crippen molar-refractivity contribution >= 4 is 5.78 Å². The molecule has 1 aromatic carbocycles. The lowest BCUT2D eigenvalue weighted by Gasteiger charge is -2.04. The second-order valence-corrected chi connectivity index (χ2v) is 2.52. The fourth-order valence-corrected chi connectivity index (χ4v) is 0.820. The largest absolute Gasteiger partial charge is 0.454 e. The first-order chi connectivity index (χ1) is 6.45. The van der Waals surface area contributed by atoms with E-state index in [-0.39, 0.29) is 6.90 Å². The van der Waals surface area contributed by atoms with Gasteiger partial charge in [0.15, 0.2) is 0 Å². The Kier molecular flexibility index (Phi) is 2.04. The Bertz CT molecular complexity index is 329. The standard InChI is InChI=1S/C9H7F3O/c1-6-2-4-7(5-3-6)8(13)9(10,11)12/h2-5H,1H3/i1D. The Morgan fingerprint density at radius 3 is 2.23 bits per heavy atom. The SMILES string of the molecule is [2H]Cc1ccc(C(=O)C(F)(F)F)cc1. The number of carbonyl (C=O) groups is 1. The third kappa shape index (κ3) is 2.31. The third-order valence-corrected chi connectivity index (χ3v) is 1.47. The molecule has 0 aromatic heterocycles. The lowest BCUT2D eigenvalue weighted by Crippen LogP contribution is -2.22. The highest BCUT2D eigenvalue weighted by Crippen LogP contribution is 2.21. The molecule has 0 amide bonds. The molecular formula is C9H7F3O. The minimum absolute atomic E-state index is 0.0134. The van der Waals surface area contributed by atoms with Crippen molar-refractivity contribution in [2.75, 3.05) is 0 Å². The second kappa shape index (κ2) is 3.20. The van der Waals surface area contributed by atoms with Crippen molar-refractivity contribution in [1.82, 2.24) is 0 Å². The summed E-state index contributed by atoms with van der Waals surface area (Å²) in [5.74, 6) is -1.85. The van der Waals surface area contributed by atoms with Gasteiger partial charge in [0.1, 0.15) is 0 Å². The molecule has 0 bridgehead atoms. The van der Waals surface area contributed by atoms with E-state index in [1.54, 1.807) is 0 Å². The van der Waals surface area contributed by atoms with Gasteiger partial charge in [-0.15, -0.1) is 0 Å². The zero-order valence-corrected chi connectivity index (χ0v) is 6.56. The Hall–Kier alpha value is -1.32. The topological polar surface area (TPSA) is 17.1 Å². The lowest BCUT2D eigenvalue weighted by atomic mass is 10.1. The average Bonchev–Trinajstić information content (AvgIpc) is 2.15. The summed E-state index contributed by atoms with van der Waals surface area (Å²) >= 11 is 0. The van der Waals surface area contributed by atoms with Gasteiger partial charge in [0.25, 0.3) is 5.78 Å². The molecule has 0 saturated heterocycles. The van der Waals surface area contributed by atoms with E-state index in [1.807, 2.05) is 0 Å². The molecule has 0 spiro atoms. The summed E-state index contributed by atoms with van der Waals surface area (Å²) in [4.78, 5) is 10.7. The first kappa shape index (κ1) is 8.29. The number of carbonyl (C=O) groups excluding carboxylic acids is 1. The van der Waals surface area contributed by atoms with Crippen LogP contribution < -0.4 is 0 Å². The molecule has 0 saturated carbocycles. The molecule has 1 nitrogen and oxygen atoms in total. The molecule has 70 valence electrons. The second-order valence-electron chi connectivity index (χ2n) is 2.52. The van der Waals surface area contributed by atoms with Crippen LogP contribution in [0.3, 0.4) is 0 Å². The molecule has 0 unspecified atom stereocenters. The molecular weight excluding hydrogens is 181 g/mol. The van der Waals surface area contributed by atoms with Crippen LogP contribution in [0.25, 0.3) is 0 Å². The Morgan fingerprint density at radius 2 is 1.85 bits per heavy atom. The normalized spacial score (nSPS) is 12.4. The first-order valence-corrected chi connectivity index (χ1v) is 3.45. The number of Topliss-reactive ketones (excluding diaryl/α,β-unsaturated/α-hetero) is 1. The van der Waals surface area contributed by atoms with Gasteiger partial charge in [-0.2, -0.15) is 13.2 Å². The average molecular weight is 189 g/mol. The molecule has 0 aliphatic carbocycles. The molecule has 0 heterocycles. The van der Waals surface area contributed by atoms with Crippen molar-refractivity contribution in [2.24, 2.45) is 0 Å². The number of alkyl halides is 3. The van der Waals surface area contributed by atoms with Crippen LogP contribution in [0.2, 0.25) is 0 Å². The summed E-state index contributed by atoms with van der Waals surface area (Å²) in [6.07, 6.45) is -4.83. The maximum atomic E-state index is 11.9. The summed E-state index contributed by atoms with van der Waals surface area (Å²) in [6, 6.07) is 4.84. The van der Waals surface area contributed by atoms with Crippen molar-refractivity contribution < 1.29 is 19.3 Å². The monoisotopic (exact) mass is 189 g/mol. The van der Waals surface area contributed by atoms with Crippen LogP contribution in [-0.2, 0) is 0 Å². The molecule has 0 aliphatic heterocycles. The Morgan fingerprint density at radius 1 is 1.31 bits per heavy atom. The summed E-state index contributed by atoms with van der Waals surface area (Å²) in [7, 11) is 0. The summed E-state index contributed by atoms with van der Waals surface area (Å²) < 4.78 is 42.7. The van der Waals surface area contributed by atoms with Gasteiger partial charge in [0.05, 0.1) is 0 Å². The van der Waals surface area contributed by atoms with Crippen molar-refractivity contribution in [1.29, 1.82) is 0 Å². The van der Waals surface area contributed by atoms with Gasteiger partial charge in [-0.25, -0.2) is 0 Å². The fourth-order valence-electron chi connectivity index (χ4n) is 0.820. The summed E-state index contributed by atoms with van der Waals surface area (Å²) in [5, 5.41) is 0. The third-order valence-electron chi connectivity index (χ3n) is 1.47. The number of rotatable bonds is 1. The van der Waals surface area contributed by atoms with Crippen LogP contribution in [0.1, 0.15) is 17.3 Å². The smallest absolute Gasteiger partial charge is 0.284 e. The maximum Gasteiger partial charge on any atom is 0.454 e. The molecule has 0 radical (unpaired) electrons. The van der Waals surface area contributed by atoms with Crippen LogP contribution in [0, 0.1) is 6.90 Å². The predicted octanol–water partition coefficient (Wildman–Crippen LogP) is 2.74. The number of benzene rings is 1. The number of hydrogen-bond donors (Lipinski definition) is 0. The Labute approximate surface area is 74.6 Å². The van der Waals surface area contributed by atoms with E-state index < -0.39 is 17.5 Å². The molecule has 0 N–H and O–H groups in total. The van der Waals surface area contributed by atoms with E-state index in [2.05, 4.69) is 0 Å². The molecule has 0 fully saturated rings. The van der Waals surface area contributed by atoms with Gasteiger partial charge in [0, 0.05) is 6.93 Å². The first-order valence-electron chi connectivity index (χ1n) is 4.15. The summed E-state index contributed by atoms with van der Waals surface area (Å²) in [5.41, 5.74) is 0.179. The van der Waals surface area contributed by atoms with Crippen LogP contribution in [0.5, 0.6) is 0 Å². The molecule has 0 atom stereocenters. The van der Waals surface area contributed by atoms with Gasteiger partial charge in [-0.1, -0.05) is 29.8 Å². The minimum Gasteiger partial charge on any atom is -0.284 e. The van der Waals surface area contributed by atoms with E-state index in [4.69, 9.17) is 1.37 Å². The van der Waals surface area contributed by atoms with Gasteiger partial charge < -0.3 is 0 Å². The summed E-state index contributed by atoms with van der Waals surface area (Å²) in [6.45, 7) is -0.0134. The minimum atomic E-state index is -4.83. The zero-order chi connectivity index (χ0) is 10.8. The van der Waals surface area contributed by atoms with E-state index in [0.29, 0.717) is 5.56 Å². The number of hydrogen-bond acceptors (Lipinski definition) is 1. The van der Waals surface area contributed by atoms with Gasteiger partial charge >= 0.3 is 6.18 Å². The van der Waals surface area contributed by atoms with Crippen molar-refractivity contribution in [2.45, 2.75) is 13.1 Å². The van der Waals surface area contributed by atoms with E-state index in [0.717, 1.165) is 12.1 Å². The van der Waals surface area contributed by atoms with Crippen LogP contribution >= 0.6 is 0 Å². The quantitative estimate of drug-likeness (QED) is 0.621. The molecule has 0 aliphatic rings. The highest BCUT2D eigenvalue weighted by molar-refractivity contribution is 6.00. The zero-order valence-electron chi connectivity index (χ0n) is 7.56. The van der Waals surface area contributed by atoms with E-state index in [1.165, 1.54) is 12.1 Å².